The maximum Gasteiger partial charge on any atom is 0.256 e. The molecule has 0 aliphatic rings. The van der Waals surface area contributed by atoms with Crippen LogP contribution in [0, 0.1) is 6.92 Å². The van der Waals surface area contributed by atoms with Gasteiger partial charge in [0, 0.05) is 22.7 Å². The van der Waals surface area contributed by atoms with Crippen molar-refractivity contribution in [2.24, 2.45) is 0 Å². The van der Waals surface area contributed by atoms with Crippen LogP contribution in [0.4, 0.5) is 5.69 Å². The lowest BCUT2D eigenvalue weighted by Gasteiger charge is -2.08. The highest BCUT2D eigenvalue weighted by Gasteiger charge is 2.12. The number of hydrogen-bond donors (Lipinski definition) is 2. The number of thiazole rings is 1. The van der Waals surface area contributed by atoms with Crippen LogP contribution in [0.5, 0.6) is 0 Å². The van der Waals surface area contributed by atoms with Gasteiger partial charge in [-0.15, -0.1) is 11.3 Å². The lowest BCUT2D eigenvalue weighted by Crippen LogP contribution is -2.16. The summed E-state index contributed by atoms with van der Waals surface area (Å²) in [5.41, 5.74) is 2.30. The number of hydrogen-bond acceptors (Lipinski definition) is 4. The largest absolute Gasteiger partial charge is 0.322 e. The van der Waals surface area contributed by atoms with Crippen molar-refractivity contribution in [2.75, 3.05) is 5.32 Å². The number of aryl methyl sites for hydroxylation is 1. The van der Waals surface area contributed by atoms with E-state index in [1.807, 2.05) is 43.3 Å². The van der Waals surface area contributed by atoms with Gasteiger partial charge >= 0.3 is 0 Å². The number of amides is 1. The quantitative estimate of drug-likeness (QED) is 0.586. The first-order valence-electron chi connectivity index (χ1n) is 7.41. The fraction of sp³-hybridized carbons (Fsp3) is 0.0556. The molecular weight excluding hydrogens is 322 g/mol. The van der Waals surface area contributed by atoms with E-state index < -0.39 is 0 Å². The second-order valence-electron chi connectivity index (χ2n) is 5.46. The molecule has 0 radical (unpaired) electrons. The first kappa shape index (κ1) is 14.6. The van der Waals surface area contributed by atoms with Crippen LogP contribution in [0.15, 0.2) is 53.3 Å². The van der Waals surface area contributed by atoms with Crippen LogP contribution in [0.2, 0.25) is 0 Å². The smallest absolute Gasteiger partial charge is 0.256 e. The standard InChI is InChI=1S/C18H13N3O2S/c1-10-19-15-7-6-11(8-16(15)24-10)20-18(23)13-9-17(22)21-14-5-3-2-4-12(13)14/h2-9H,1H3,(H,20,23)(H,21,22). The number of aromatic amines is 1. The predicted molar refractivity (Wildman–Crippen MR) is 96.9 cm³/mol. The van der Waals surface area contributed by atoms with E-state index in [0.717, 1.165) is 15.2 Å². The summed E-state index contributed by atoms with van der Waals surface area (Å²) in [6.45, 7) is 1.95. The topological polar surface area (TPSA) is 74.8 Å². The molecule has 0 fully saturated rings. The Morgan fingerprint density at radius 2 is 2.00 bits per heavy atom. The van der Waals surface area contributed by atoms with Crippen molar-refractivity contribution in [3.63, 3.8) is 0 Å². The van der Waals surface area contributed by atoms with Gasteiger partial charge in [-0.3, -0.25) is 9.59 Å². The number of H-pyrrole nitrogens is 1. The molecule has 4 aromatic rings. The molecular formula is C18H13N3O2S. The average molecular weight is 335 g/mol. The van der Waals surface area contributed by atoms with Gasteiger partial charge in [-0.2, -0.15) is 0 Å². The van der Waals surface area contributed by atoms with Crippen molar-refractivity contribution in [1.82, 2.24) is 9.97 Å². The molecule has 0 spiro atoms. The molecule has 1 amide bonds. The lowest BCUT2D eigenvalue weighted by atomic mass is 10.1. The van der Waals surface area contributed by atoms with Crippen LogP contribution in [0.1, 0.15) is 15.4 Å². The lowest BCUT2D eigenvalue weighted by molar-refractivity contribution is 0.102. The van der Waals surface area contributed by atoms with Crippen molar-refractivity contribution in [1.29, 1.82) is 0 Å². The van der Waals surface area contributed by atoms with Gasteiger partial charge in [0.1, 0.15) is 0 Å². The minimum Gasteiger partial charge on any atom is -0.322 e. The van der Waals surface area contributed by atoms with Crippen LogP contribution in [0.3, 0.4) is 0 Å². The fourth-order valence-electron chi connectivity index (χ4n) is 2.71. The zero-order valence-corrected chi connectivity index (χ0v) is 13.6. The van der Waals surface area contributed by atoms with E-state index in [2.05, 4.69) is 15.3 Å². The number of nitrogens with zero attached hydrogens (tertiary/aromatic N) is 1. The summed E-state index contributed by atoms with van der Waals surface area (Å²) in [5.74, 6) is -0.308. The molecule has 0 saturated carbocycles. The molecule has 6 heteroatoms. The zero-order valence-electron chi connectivity index (χ0n) is 12.8. The number of nitrogens with one attached hydrogen (secondary N) is 2. The summed E-state index contributed by atoms with van der Waals surface area (Å²) in [6.07, 6.45) is 0. The molecule has 5 nitrogen and oxygen atoms in total. The summed E-state index contributed by atoms with van der Waals surface area (Å²) in [5, 5.41) is 4.56. The number of para-hydroxylation sites is 1. The molecule has 118 valence electrons. The van der Waals surface area contributed by atoms with E-state index in [1.54, 1.807) is 17.4 Å². The maximum absolute atomic E-state index is 12.6. The highest BCUT2D eigenvalue weighted by Crippen LogP contribution is 2.25. The van der Waals surface area contributed by atoms with E-state index in [1.165, 1.54) is 6.07 Å². The molecule has 2 N–H and O–H groups in total. The third-order valence-electron chi connectivity index (χ3n) is 3.75. The molecule has 0 atom stereocenters. The number of aromatic nitrogens is 2. The molecule has 2 heterocycles. The third-order valence-corrected chi connectivity index (χ3v) is 4.68. The fourth-order valence-corrected chi connectivity index (χ4v) is 3.57. The van der Waals surface area contributed by atoms with Crippen LogP contribution >= 0.6 is 11.3 Å². The molecule has 2 aromatic carbocycles. The van der Waals surface area contributed by atoms with E-state index in [9.17, 15) is 9.59 Å². The number of anilines is 1. The second-order valence-corrected chi connectivity index (χ2v) is 6.70. The van der Waals surface area contributed by atoms with Gasteiger partial charge < -0.3 is 10.3 Å². The van der Waals surface area contributed by atoms with E-state index in [-0.39, 0.29) is 11.5 Å². The number of rotatable bonds is 2. The van der Waals surface area contributed by atoms with Crippen molar-refractivity contribution in [3.8, 4) is 0 Å². The Labute approximate surface area is 141 Å². The van der Waals surface area contributed by atoms with Crippen LogP contribution in [-0.4, -0.2) is 15.9 Å². The first-order valence-corrected chi connectivity index (χ1v) is 8.22. The number of benzene rings is 2. The monoisotopic (exact) mass is 335 g/mol. The number of fused-ring (bicyclic) bond motifs is 2. The van der Waals surface area contributed by atoms with E-state index in [4.69, 9.17) is 0 Å². The summed E-state index contributed by atoms with van der Waals surface area (Å²) in [6, 6.07) is 14.2. The molecule has 0 aliphatic heterocycles. The number of carbonyl (C=O) groups excluding carboxylic acids is 1. The summed E-state index contributed by atoms with van der Waals surface area (Å²) in [4.78, 5) is 31.6. The Morgan fingerprint density at radius 1 is 1.17 bits per heavy atom. The summed E-state index contributed by atoms with van der Waals surface area (Å²) < 4.78 is 1.01. The molecule has 0 unspecified atom stereocenters. The Morgan fingerprint density at radius 3 is 2.88 bits per heavy atom. The summed E-state index contributed by atoms with van der Waals surface area (Å²) in [7, 11) is 0. The van der Waals surface area contributed by atoms with Gasteiger partial charge in [-0.05, 0) is 31.2 Å². The van der Waals surface area contributed by atoms with Crippen LogP contribution in [-0.2, 0) is 0 Å². The van der Waals surface area contributed by atoms with E-state index >= 15 is 0 Å². The summed E-state index contributed by atoms with van der Waals surface area (Å²) >= 11 is 1.58. The maximum atomic E-state index is 12.6. The molecule has 4 rings (SSSR count). The Hall–Kier alpha value is -2.99. The van der Waals surface area contributed by atoms with E-state index in [0.29, 0.717) is 22.2 Å². The van der Waals surface area contributed by atoms with Gasteiger partial charge in [0.25, 0.3) is 5.91 Å². The Bertz CT molecular complexity index is 1140. The van der Waals surface area contributed by atoms with Crippen molar-refractivity contribution < 1.29 is 4.79 Å². The third kappa shape index (κ3) is 2.57. The van der Waals surface area contributed by atoms with Crippen molar-refractivity contribution in [3.05, 3.63) is 69.5 Å². The average Bonchev–Trinajstić information content (AvgIpc) is 2.93. The highest BCUT2D eigenvalue weighted by atomic mass is 32.1. The second kappa shape index (κ2) is 5.58. The molecule has 2 aromatic heterocycles. The number of pyridine rings is 1. The number of carbonyl (C=O) groups is 1. The minimum atomic E-state index is -0.308. The van der Waals surface area contributed by atoms with Gasteiger partial charge in [0.05, 0.1) is 20.8 Å². The first-order chi connectivity index (χ1) is 11.6. The molecule has 0 saturated heterocycles. The minimum absolute atomic E-state index is 0.299. The van der Waals surface area contributed by atoms with Gasteiger partial charge in [-0.25, -0.2) is 4.98 Å². The highest BCUT2D eigenvalue weighted by molar-refractivity contribution is 7.18. The Kier molecular flexibility index (Phi) is 3.39. The van der Waals surface area contributed by atoms with Crippen LogP contribution in [0.25, 0.3) is 21.1 Å². The van der Waals surface area contributed by atoms with Gasteiger partial charge in [-0.1, -0.05) is 18.2 Å². The predicted octanol–water partition coefficient (Wildman–Crippen LogP) is 3.70. The normalized spacial score (nSPS) is 11.0. The van der Waals surface area contributed by atoms with Gasteiger partial charge in [0.2, 0.25) is 5.56 Å². The van der Waals surface area contributed by atoms with Gasteiger partial charge in [0.15, 0.2) is 0 Å². The molecule has 24 heavy (non-hydrogen) atoms. The Balaban J connectivity index is 1.74. The molecule has 0 aliphatic carbocycles. The van der Waals surface area contributed by atoms with Crippen LogP contribution < -0.4 is 10.9 Å². The SMILES string of the molecule is Cc1nc2ccc(NC(=O)c3cc(=O)[nH]c4ccccc34)cc2s1. The van der Waals surface area contributed by atoms with Crippen molar-refractivity contribution >= 4 is 44.1 Å². The molecule has 0 bridgehead atoms. The van der Waals surface area contributed by atoms with Crippen molar-refractivity contribution in [2.45, 2.75) is 6.92 Å². The zero-order chi connectivity index (χ0) is 16.7.